The topological polar surface area (TPSA) is 78.3 Å². The number of hydrogen-bond acceptors (Lipinski definition) is 5. The van der Waals surface area contributed by atoms with E-state index in [1.807, 2.05) is 36.4 Å². The second-order valence-electron chi connectivity index (χ2n) is 5.96. The molecule has 1 aromatic heterocycles. The van der Waals surface area contributed by atoms with Crippen LogP contribution < -0.4 is 14.8 Å². The lowest BCUT2D eigenvalue weighted by Crippen LogP contribution is -2.14. The molecule has 0 aliphatic rings. The Kier molecular flexibility index (Phi) is 5.71. The van der Waals surface area contributed by atoms with Gasteiger partial charge in [0.15, 0.2) is 5.69 Å². The minimum Gasteiger partial charge on any atom is -0.497 e. The monoisotopic (exact) mass is 366 g/mol. The summed E-state index contributed by atoms with van der Waals surface area (Å²) in [6, 6.07) is 14.7. The number of hydrogen-bond donors (Lipinski definition) is 1. The summed E-state index contributed by atoms with van der Waals surface area (Å²) in [5.41, 5.74) is 2.35. The predicted octanol–water partition coefficient (Wildman–Crippen LogP) is 3.63. The van der Waals surface area contributed by atoms with Crippen molar-refractivity contribution < 1.29 is 14.3 Å². The van der Waals surface area contributed by atoms with Gasteiger partial charge in [-0.2, -0.15) is 0 Å². The van der Waals surface area contributed by atoms with Crippen molar-refractivity contribution in [3.63, 3.8) is 0 Å². The zero-order valence-electron chi connectivity index (χ0n) is 15.6. The van der Waals surface area contributed by atoms with Gasteiger partial charge in [-0.25, -0.2) is 4.68 Å². The Labute approximate surface area is 157 Å². The minimum absolute atomic E-state index is 0.268. The maximum Gasteiger partial charge on any atom is 0.278 e. The standard InChI is InChI=1S/C20H22N4O3/c1-4-12-27-17-10-8-15(9-11-17)21-20(25)19-14(2)24(23-22-19)16-6-5-7-18(13-16)26-3/h5-11,13H,4,12H2,1-3H3,(H,21,25). The molecule has 0 unspecified atom stereocenters. The van der Waals surface area contributed by atoms with E-state index in [1.54, 1.807) is 30.8 Å². The van der Waals surface area contributed by atoms with E-state index in [1.165, 1.54) is 0 Å². The number of rotatable bonds is 7. The van der Waals surface area contributed by atoms with E-state index in [4.69, 9.17) is 9.47 Å². The van der Waals surface area contributed by atoms with E-state index in [2.05, 4.69) is 22.6 Å². The first-order valence-electron chi connectivity index (χ1n) is 8.73. The van der Waals surface area contributed by atoms with Gasteiger partial charge >= 0.3 is 0 Å². The summed E-state index contributed by atoms with van der Waals surface area (Å²) in [4.78, 5) is 12.6. The third kappa shape index (κ3) is 4.25. The van der Waals surface area contributed by atoms with Crippen molar-refractivity contribution in [2.24, 2.45) is 0 Å². The molecular weight excluding hydrogens is 344 g/mol. The number of carbonyl (C=O) groups is 1. The Balaban J connectivity index is 1.75. The highest BCUT2D eigenvalue weighted by Crippen LogP contribution is 2.20. The molecule has 3 rings (SSSR count). The number of anilines is 1. The van der Waals surface area contributed by atoms with Crippen molar-refractivity contribution in [1.82, 2.24) is 15.0 Å². The number of nitrogens with zero attached hydrogens (tertiary/aromatic N) is 3. The van der Waals surface area contributed by atoms with Gasteiger partial charge in [-0.3, -0.25) is 4.79 Å². The van der Waals surface area contributed by atoms with E-state index in [0.717, 1.165) is 17.9 Å². The molecule has 0 saturated heterocycles. The maximum absolute atomic E-state index is 12.6. The van der Waals surface area contributed by atoms with Gasteiger partial charge in [0.2, 0.25) is 0 Å². The van der Waals surface area contributed by atoms with Crippen molar-refractivity contribution >= 4 is 11.6 Å². The molecule has 0 aliphatic carbocycles. The van der Waals surface area contributed by atoms with E-state index < -0.39 is 0 Å². The fraction of sp³-hybridized carbons (Fsp3) is 0.250. The number of methoxy groups -OCH3 is 1. The molecule has 1 amide bonds. The largest absolute Gasteiger partial charge is 0.497 e. The molecule has 0 radical (unpaired) electrons. The van der Waals surface area contributed by atoms with E-state index in [9.17, 15) is 4.79 Å². The summed E-state index contributed by atoms with van der Waals surface area (Å²) >= 11 is 0. The highest BCUT2D eigenvalue weighted by molar-refractivity contribution is 6.03. The zero-order chi connectivity index (χ0) is 19.2. The average Bonchev–Trinajstić information content (AvgIpc) is 3.09. The molecule has 0 aliphatic heterocycles. The van der Waals surface area contributed by atoms with Gasteiger partial charge in [-0.15, -0.1) is 5.10 Å². The molecule has 7 heteroatoms. The van der Waals surface area contributed by atoms with Crippen molar-refractivity contribution in [1.29, 1.82) is 0 Å². The predicted molar refractivity (Wildman–Crippen MR) is 103 cm³/mol. The zero-order valence-corrected chi connectivity index (χ0v) is 15.6. The summed E-state index contributed by atoms with van der Waals surface area (Å²) in [6.45, 7) is 4.52. The van der Waals surface area contributed by atoms with Crippen molar-refractivity contribution in [3.05, 3.63) is 59.9 Å². The molecule has 7 nitrogen and oxygen atoms in total. The molecular formula is C20H22N4O3. The lowest BCUT2D eigenvalue weighted by molar-refractivity contribution is 0.102. The molecule has 0 spiro atoms. The Morgan fingerprint density at radius 3 is 2.63 bits per heavy atom. The van der Waals surface area contributed by atoms with Crippen molar-refractivity contribution in [3.8, 4) is 17.2 Å². The van der Waals surface area contributed by atoms with Gasteiger partial charge in [0, 0.05) is 11.8 Å². The third-order valence-corrected chi connectivity index (χ3v) is 3.99. The first kappa shape index (κ1) is 18.4. The van der Waals surface area contributed by atoms with Gasteiger partial charge in [-0.1, -0.05) is 18.2 Å². The van der Waals surface area contributed by atoms with Crippen LogP contribution in [-0.4, -0.2) is 34.6 Å². The van der Waals surface area contributed by atoms with Crippen LogP contribution in [0.15, 0.2) is 48.5 Å². The second kappa shape index (κ2) is 8.35. The lowest BCUT2D eigenvalue weighted by Gasteiger charge is -2.08. The fourth-order valence-electron chi connectivity index (χ4n) is 2.57. The van der Waals surface area contributed by atoms with Gasteiger partial charge < -0.3 is 14.8 Å². The summed E-state index contributed by atoms with van der Waals surface area (Å²) in [6.07, 6.45) is 0.945. The molecule has 1 N–H and O–H groups in total. The van der Waals surface area contributed by atoms with Crippen LogP contribution in [-0.2, 0) is 0 Å². The van der Waals surface area contributed by atoms with Crippen LogP contribution in [0.25, 0.3) is 5.69 Å². The minimum atomic E-state index is -0.316. The maximum atomic E-state index is 12.6. The van der Waals surface area contributed by atoms with Crippen LogP contribution >= 0.6 is 0 Å². The van der Waals surface area contributed by atoms with Crippen molar-refractivity contribution in [2.75, 3.05) is 19.0 Å². The number of aromatic nitrogens is 3. The Morgan fingerprint density at radius 1 is 1.15 bits per heavy atom. The Hall–Kier alpha value is -3.35. The molecule has 0 atom stereocenters. The number of benzene rings is 2. The second-order valence-corrected chi connectivity index (χ2v) is 5.96. The fourth-order valence-corrected chi connectivity index (χ4v) is 2.57. The van der Waals surface area contributed by atoms with E-state index in [-0.39, 0.29) is 11.6 Å². The summed E-state index contributed by atoms with van der Waals surface area (Å²) in [7, 11) is 1.60. The molecule has 0 bridgehead atoms. The van der Waals surface area contributed by atoms with Crippen LogP contribution in [0.2, 0.25) is 0 Å². The quantitative estimate of drug-likeness (QED) is 0.691. The normalized spacial score (nSPS) is 10.5. The first-order chi connectivity index (χ1) is 13.1. The highest BCUT2D eigenvalue weighted by atomic mass is 16.5. The van der Waals surface area contributed by atoms with E-state index >= 15 is 0 Å². The third-order valence-electron chi connectivity index (χ3n) is 3.99. The number of nitrogens with one attached hydrogen (secondary N) is 1. The molecule has 2 aromatic carbocycles. The number of ether oxygens (including phenoxy) is 2. The number of amides is 1. The average molecular weight is 366 g/mol. The molecule has 0 saturated carbocycles. The molecule has 0 fully saturated rings. The molecule has 3 aromatic rings. The Morgan fingerprint density at radius 2 is 1.93 bits per heavy atom. The van der Waals surface area contributed by atoms with Gasteiger partial charge in [0.05, 0.1) is 25.1 Å². The van der Waals surface area contributed by atoms with Crippen LogP contribution in [0.5, 0.6) is 11.5 Å². The Bertz CT molecular complexity index is 919. The van der Waals surface area contributed by atoms with Crippen LogP contribution in [0.3, 0.4) is 0 Å². The number of carbonyl (C=O) groups excluding carboxylic acids is 1. The van der Waals surface area contributed by atoms with Gasteiger partial charge in [-0.05, 0) is 49.7 Å². The first-order valence-corrected chi connectivity index (χ1v) is 8.73. The van der Waals surface area contributed by atoms with Gasteiger partial charge in [0.25, 0.3) is 5.91 Å². The van der Waals surface area contributed by atoms with Crippen LogP contribution in [0.1, 0.15) is 29.5 Å². The van der Waals surface area contributed by atoms with Crippen LogP contribution in [0.4, 0.5) is 5.69 Å². The molecule has 27 heavy (non-hydrogen) atoms. The summed E-state index contributed by atoms with van der Waals surface area (Å²) in [5, 5.41) is 11.0. The van der Waals surface area contributed by atoms with Crippen LogP contribution in [0, 0.1) is 6.92 Å². The van der Waals surface area contributed by atoms with E-state index in [0.29, 0.717) is 23.7 Å². The van der Waals surface area contributed by atoms with Gasteiger partial charge in [0.1, 0.15) is 11.5 Å². The lowest BCUT2D eigenvalue weighted by atomic mass is 10.2. The summed E-state index contributed by atoms with van der Waals surface area (Å²) < 4.78 is 12.4. The molecule has 140 valence electrons. The summed E-state index contributed by atoms with van der Waals surface area (Å²) in [5.74, 6) is 1.16. The smallest absolute Gasteiger partial charge is 0.278 e. The van der Waals surface area contributed by atoms with Crippen molar-refractivity contribution in [2.45, 2.75) is 20.3 Å². The SMILES string of the molecule is CCCOc1ccc(NC(=O)c2nnn(-c3cccc(OC)c3)c2C)cc1. The molecule has 1 heterocycles. The highest BCUT2D eigenvalue weighted by Gasteiger charge is 2.17.